The summed E-state index contributed by atoms with van der Waals surface area (Å²) in [4.78, 5) is 30.3. The van der Waals surface area contributed by atoms with Crippen LogP contribution in [-0.2, 0) is 14.3 Å². The standard InChI is InChI=1S/C37H42N2O7/c1-42-32-24-27(25-33(43-2)36(32)44-3)14-15-34(40)45-22-8-16-38-18-20-39(21-19-38)17-9-23-46-37(41)35-30-12-6-4-10-28(30)26-29-11-5-7-13-31(29)35/h4-7,10-15,24-26H,8-9,16-23H2,1-3H3/b15-14+. The van der Waals surface area contributed by atoms with E-state index >= 15 is 0 Å². The normalized spacial score (nSPS) is 14.1. The quantitative estimate of drug-likeness (QED) is 0.0743. The average molecular weight is 627 g/mol. The van der Waals surface area contributed by atoms with Gasteiger partial charge in [-0.15, -0.1) is 0 Å². The molecule has 0 aromatic heterocycles. The fourth-order valence-electron chi connectivity index (χ4n) is 5.87. The Bertz CT molecular complexity index is 1600. The molecule has 5 rings (SSSR count). The lowest BCUT2D eigenvalue weighted by Crippen LogP contribution is -2.47. The van der Waals surface area contributed by atoms with Crippen molar-refractivity contribution in [1.29, 1.82) is 0 Å². The number of nitrogens with zero attached hydrogens (tertiary/aromatic N) is 2. The number of piperazine rings is 1. The monoisotopic (exact) mass is 626 g/mol. The fourth-order valence-corrected chi connectivity index (χ4v) is 5.87. The van der Waals surface area contributed by atoms with Crippen molar-refractivity contribution >= 4 is 39.6 Å². The Balaban J connectivity index is 0.986. The van der Waals surface area contributed by atoms with E-state index in [0.29, 0.717) is 36.0 Å². The molecule has 0 N–H and O–H groups in total. The van der Waals surface area contributed by atoms with Crippen molar-refractivity contribution in [3.63, 3.8) is 0 Å². The minimum absolute atomic E-state index is 0.268. The van der Waals surface area contributed by atoms with Gasteiger partial charge in [-0.2, -0.15) is 0 Å². The zero-order valence-electron chi connectivity index (χ0n) is 26.8. The second-order valence-corrected chi connectivity index (χ2v) is 11.2. The van der Waals surface area contributed by atoms with Crippen LogP contribution in [0.2, 0.25) is 0 Å². The van der Waals surface area contributed by atoms with E-state index in [1.165, 1.54) is 6.08 Å². The molecule has 242 valence electrons. The Morgan fingerprint density at radius 2 is 1.22 bits per heavy atom. The molecule has 1 saturated heterocycles. The highest BCUT2D eigenvalue weighted by molar-refractivity contribution is 6.16. The van der Waals surface area contributed by atoms with E-state index in [4.69, 9.17) is 23.7 Å². The Morgan fingerprint density at radius 3 is 1.74 bits per heavy atom. The van der Waals surface area contributed by atoms with Crippen LogP contribution >= 0.6 is 0 Å². The SMILES string of the molecule is COc1cc(/C=C/C(=O)OCCCN2CCN(CCCOC(=O)c3c4ccccc4cc4ccccc34)CC2)cc(OC)c1OC. The highest BCUT2D eigenvalue weighted by Crippen LogP contribution is 2.38. The van der Waals surface area contributed by atoms with E-state index in [9.17, 15) is 9.59 Å². The van der Waals surface area contributed by atoms with Gasteiger partial charge in [-0.25, -0.2) is 9.59 Å². The molecular formula is C37H42N2O7. The minimum atomic E-state index is -0.395. The number of rotatable bonds is 14. The van der Waals surface area contributed by atoms with Crippen LogP contribution in [0.1, 0.15) is 28.8 Å². The number of esters is 2. The van der Waals surface area contributed by atoms with Gasteiger partial charge in [0.1, 0.15) is 0 Å². The van der Waals surface area contributed by atoms with Crippen molar-refractivity contribution < 1.29 is 33.3 Å². The maximum Gasteiger partial charge on any atom is 0.339 e. The van der Waals surface area contributed by atoms with Crippen LogP contribution < -0.4 is 14.2 Å². The molecule has 0 bridgehead atoms. The molecule has 9 heteroatoms. The lowest BCUT2D eigenvalue weighted by atomic mass is 9.97. The molecular weight excluding hydrogens is 584 g/mol. The number of fused-ring (bicyclic) bond motifs is 2. The Labute approximate surface area is 270 Å². The van der Waals surface area contributed by atoms with Gasteiger partial charge in [0, 0.05) is 45.3 Å². The summed E-state index contributed by atoms with van der Waals surface area (Å²) in [6.45, 7) is 6.32. The third-order valence-corrected chi connectivity index (χ3v) is 8.25. The van der Waals surface area contributed by atoms with E-state index in [0.717, 1.165) is 79.2 Å². The molecule has 1 heterocycles. The van der Waals surface area contributed by atoms with Gasteiger partial charge in [0.15, 0.2) is 11.5 Å². The van der Waals surface area contributed by atoms with Gasteiger partial charge in [-0.3, -0.25) is 0 Å². The van der Waals surface area contributed by atoms with Crippen molar-refractivity contribution in [3.8, 4) is 17.2 Å². The van der Waals surface area contributed by atoms with E-state index in [1.54, 1.807) is 39.5 Å². The van der Waals surface area contributed by atoms with Crippen LogP contribution in [0.4, 0.5) is 0 Å². The number of hydrogen-bond acceptors (Lipinski definition) is 9. The van der Waals surface area contributed by atoms with Gasteiger partial charge in [0.25, 0.3) is 0 Å². The summed E-state index contributed by atoms with van der Waals surface area (Å²) in [5.41, 5.74) is 1.38. The summed E-state index contributed by atoms with van der Waals surface area (Å²) in [7, 11) is 4.64. The van der Waals surface area contributed by atoms with Gasteiger partial charge in [0.2, 0.25) is 5.75 Å². The van der Waals surface area contributed by atoms with Crippen LogP contribution in [0, 0.1) is 0 Å². The number of carbonyl (C=O) groups excluding carboxylic acids is 2. The van der Waals surface area contributed by atoms with E-state index in [1.807, 2.05) is 48.5 Å². The fraction of sp³-hybridized carbons (Fsp3) is 0.351. The average Bonchev–Trinajstić information content (AvgIpc) is 3.09. The van der Waals surface area contributed by atoms with Crippen LogP contribution in [0.15, 0.2) is 72.8 Å². The first-order valence-corrected chi connectivity index (χ1v) is 15.7. The maximum atomic E-state index is 13.2. The number of carbonyl (C=O) groups is 2. The summed E-state index contributed by atoms with van der Waals surface area (Å²) in [6.07, 6.45) is 4.62. The highest BCUT2D eigenvalue weighted by Gasteiger charge is 2.19. The largest absolute Gasteiger partial charge is 0.493 e. The summed E-state index contributed by atoms with van der Waals surface area (Å²) >= 11 is 0. The third kappa shape index (κ3) is 8.16. The van der Waals surface area contributed by atoms with E-state index in [2.05, 4.69) is 15.9 Å². The summed E-state index contributed by atoms with van der Waals surface area (Å²) in [5.74, 6) is 0.870. The molecule has 0 aliphatic carbocycles. The number of ether oxygens (including phenoxy) is 5. The molecule has 0 amide bonds. The van der Waals surface area contributed by atoms with Crippen molar-refractivity contribution in [2.45, 2.75) is 12.8 Å². The van der Waals surface area contributed by atoms with Crippen LogP contribution in [0.25, 0.3) is 27.6 Å². The van der Waals surface area contributed by atoms with Crippen molar-refractivity contribution in [1.82, 2.24) is 9.80 Å². The first-order valence-electron chi connectivity index (χ1n) is 15.7. The van der Waals surface area contributed by atoms with Crippen molar-refractivity contribution in [2.24, 2.45) is 0 Å². The van der Waals surface area contributed by atoms with E-state index < -0.39 is 5.97 Å². The Kier molecular flexibility index (Phi) is 11.5. The Hall–Kier alpha value is -4.60. The van der Waals surface area contributed by atoms with Crippen LogP contribution in [-0.4, -0.2) is 95.6 Å². The molecule has 1 aliphatic heterocycles. The maximum absolute atomic E-state index is 13.2. The van der Waals surface area contributed by atoms with Gasteiger partial charge >= 0.3 is 11.9 Å². The molecule has 0 radical (unpaired) electrons. The predicted molar refractivity (Wildman–Crippen MR) is 180 cm³/mol. The lowest BCUT2D eigenvalue weighted by molar-refractivity contribution is -0.137. The zero-order chi connectivity index (χ0) is 32.3. The van der Waals surface area contributed by atoms with Crippen LogP contribution in [0.3, 0.4) is 0 Å². The third-order valence-electron chi connectivity index (χ3n) is 8.25. The summed E-state index contributed by atoms with van der Waals surface area (Å²) in [6, 6.07) is 21.6. The molecule has 0 unspecified atom stereocenters. The number of benzene rings is 4. The molecule has 46 heavy (non-hydrogen) atoms. The molecule has 1 aliphatic rings. The molecule has 1 fully saturated rings. The molecule has 4 aromatic rings. The predicted octanol–water partition coefficient (Wildman–Crippen LogP) is 5.83. The number of methoxy groups -OCH3 is 3. The van der Waals surface area contributed by atoms with Crippen LogP contribution in [0.5, 0.6) is 17.2 Å². The zero-order valence-corrected chi connectivity index (χ0v) is 26.8. The minimum Gasteiger partial charge on any atom is -0.493 e. The van der Waals surface area contributed by atoms with E-state index in [-0.39, 0.29) is 5.97 Å². The highest BCUT2D eigenvalue weighted by atomic mass is 16.5. The smallest absolute Gasteiger partial charge is 0.339 e. The lowest BCUT2D eigenvalue weighted by Gasteiger charge is -2.34. The van der Waals surface area contributed by atoms with Gasteiger partial charge in [0.05, 0.1) is 40.1 Å². The first-order chi connectivity index (χ1) is 22.5. The summed E-state index contributed by atoms with van der Waals surface area (Å²) < 4.78 is 27.2. The molecule has 4 aromatic carbocycles. The van der Waals surface area contributed by atoms with Crippen molar-refractivity contribution in [3.05, 3.63) is 83.9 Å². The molecule has 0 atom stereocenters. The van der Waals surface area contributed by atoms with Gasteiger partial charge < -0.3 is 33.5 Å². The second kappa shape index (κ2) is 16.1. The van der Waals surface area contributed by atoms with Crippen molar-refractivity contribution in [2.75, 3.05) is 73.8 Å². The molecule has 0 saturated carbocycles. The topological polar surface area (TPSA) is 86.8 Å². The summed E-state index contributed by atoms with van der Waals surface area (Å²) in [5, 5.41) is 3.91. The second-order valence-electron chi connectivity index (χ2n) is 11.2. The number of hydrogen-bond donors (Lipinski definition) is 0. The first kappa shape index (κ1) is 32.8. The molecule has 9 nitrogen and oxygen atoms in total. The van der Waals surface area contributed by atoms with Gasteiger partial charge in [-0.1, -0.05) is 48.5 Å². The molecule has 0 spiro atoms. The Morgan fingerprint density at radius 1 is 0.696 bits per heavy atom. The van der Waals surface area contributed by atoms with Gasteiger partial charge in [-0.05, 0) is 64.2 Å².